The smallest absolute Gasteiger partial charge is 0.414 e. The minimum absolute atomic E-state index is 0.0257. The number of aromatic nitrogens is 2. The van der Waals surface area contributed by atoms with Crippen LogP contribution in [0.3, 0.4) is 0 Å². The number of ether oxygens (including phenoxy) is 3. The maximum atomic E-state index is 13.9. The fourth-order valence-electron chi connectivity index (χ4n) is 4.99. The Balaban J connectivity index is 1.50. The number of fused-ring (bicyclic) bond motifs is 1. The molecule has 1 N–H and O–H groups in total. The molecule has 1 aromatic heterocycles. The second-order valence-electron chi connectivity index (χ2n) is 12.0. The molecule has 1 unspecified atom stereocenters. The lowest BCUT2D eigenvalue weighted by molar-refractivity contribution is -0.144. The summed E-state index contributed by atoms with van der Waals surface area (Å²) in [6.45, 7) is 10.9. The van der Waals surface area contributed by atoms with Gasteiger partial charge in [0.15, 0.2) is 0 Å². The van der Waals surface area contributed by atoms with E-state index in [4.69, 9.17) is 14.2 Å². The van der Waals surface area contributed by atoms with Gasteiger partial charge in [0.1, 0.15) is 12.1 Å². The Kier molecular flexibility index (Phi) is 10.9. The summed E-state index contributed by atoms with van der Waals surface area (Å²) in [7, 11) is 0. The summed E-state index contributed by atoms with van der Waals surface area (Å²) in [6, 6.07) is 15.8. The van der Waals surface area contributed by atoms with Crippen molar-refractivity contribution < 1.29 is 33.4 Å². The maximum Gasteiger partial charge on any atom is 0.414 e. The Morgan fingerprint density at radius 1 is 1.04 bits per heavy atom. The normalized spacial score (nSPS) is 13.9. The standard InChI is InChI=1S/C34H41N5O7/c1-7-44-30(41)19-23(3)38-21-29(40)39(25-13-9-8-10-14-25)27-16-15-24(20-26(27)31(38)42)12-11-17-45-28-18-22(2)35-32(36-28)37-33(43)46-34(4,5)6/h8-10,13-16,18,20,23H,7,11-12,17,19,21H2,1-6H3,(H,35,36,37,43). The molecule has 4 rings (SSSR count). The summed E-state index contributed by atoms with van der Waals surface area (Å²) in [4.78, 5) is 63.4. The van der Waals surface area contributed by atoms with Gasteiger partial charge in [-0.25, -0.2) is 9.78 Å². The van der Waals surface area contributed by atoms with Crippen LogP contribution >= 0.6 is 0 Å². The van der Waals surface area contributed by atoms with E-state index in [-0.39, 0.29) is 37.3 Å². The van der Waals surface area contributed by atoms with E-state index in [1.807, 2.05) is 36.4 Å². The summed E-state index contributed by atoms with van der Waals surface area (Å²) in [6.07, 6.45) is 0.478. The van der Waals surface area contributed by atoms with Gasteiger partial charge in [-0.3, -0.25) is 24.6 Å². The van der Waals surface area contributed by atoms with Gasteiger partial charge in [-0.05, 0) is 84.2 Å². The van der Waals surface area contributed by atoms with E-state index >= 15 is 0 Å². The molecule has 3 amide bonds. The minimum atomic E-state index is -0.664. The summed E-state index contributed by atoms with van der Waals surface area (Å²) in [5.41, 5.74) is 2.31. The highest BCUT2D eigenvalue weighted by Crippen LogP contribution is 2.34. The number of benzene rings is 2. The number of esters is 1. The second-order valence-corrected chi connectivity index (χ2v) is 12.0. The summed E-state index contributed by atoms with van der Waals surface area (Å²) < 4.78 is 16.2. The monoisotopic (exact) mass is 631 g/mol. The zero-order valence-corrected chi connectivity index (χ0v) is 27.2. The summed E-state index contributed by atoms with van der Waals surface area (Å²) in [5.74, 6) is -0.666. The van der Waals surface area contributed by atoms with Gasteiger partial charge in [0.05, 0.1) is 30.9 Å². The predicted octanol–water partition coefficient (Wildman–Crippen LogP) is 5.61. The zero-order valence-electron chi connectivity index (χ0n) is 27.2. The van der Waals surface area contributed by atoms with E-state index < -0.39 is 23.7 Å². The number of nitrogens with zero attached hydrogens (tertiary/aromatic N) is 4. The molecule has 1 aliphatic heterocycles. The Hall–Kier alpha value is -5.00. The highest BCUT2D eigenvalue weighted by Gasteiger charge is 2.35. The molecule has 0 saturated carbocycles. The molecule has 0 radical (unpaired) electrons. The Labute approximate surface area is 269 Å². The number of aryl methyl sites for hydroxylation is 2. The Morgan fingerprint density at radius 2 is 1.78 bits per heavy atom. The number of amides is 3. The van der Waals surface area contributed by atoms with Crippen LogP contribution in [0, 0.1) is 6.92 Å². The predicted molar refractivity (Wildman–Crippen MR) is 172 cm³/mol. The van der Waals surface area contributed by atoms with Crippen molar-refractivity contribution in [2.45, 2.75) is 72.4 Å². The fourth-order valence-corrected chi connectivity index (χ4v) is 4.99. The van der Waals surface area contributed by atoms with Gasteiger partial charge in [0, 0.05) is 23.5 Å². The number of anilines is 3. The number of hydrogen-bond donors (Lipinski definition) is 1. The molecule has 0 bridgehead atoms. The van der Waals surface area contributed by atoms with Gasteiger partial charge >= 0.3 is 12.1 Å². The van der Waals surface area contributed by atoms with E-state index in [2.05, 4.69) is 15.3 Å². The molecular weight excluding hydrogens is 590 g/mol. The van der Waals surface area contributed by atoms with Gasteiger partial charge in [-0.15, -0.1) is 0 Å². The zero-order chi connectivity index (χ0) is 33.4. The third-order valence-electron chi connectivity index (χ3n) is 6.97. The molecule has 12 heteroatoms. The van der Waals surface area contributed by atoms with Crippen molar-refractivity contribution in [1.29, 1.82) is 0 Å². The number of nitrogens with one attached hydrogen (secondary N) is 1. The van der Waals surface area contributed by atoms with E-state index in [9.17, 15) is 19.2 Å². The van der Waals surface area contributed by atoms with Gasteiger partial charge in [-0.1, -0.05) is 24.3 Å². The van der Waals surface area contributed by atoms with Crippen molar-refractivity contribution in [2.75, 3.05) is 30.0 Å². The molecule has 1 atom stereocenters. The number of rotatable bonds is 11. The fraction of sp³-hybridized carbons (Fsp3) is 0.412. The van der Waals surface area contributed by atoms with E-state index in [1.54, 1.807) is 64.6 Å². The maximum absolute atomic E-state index is 13.9. The minimum Gasteiger partial charge on any atom is -0.478 e. The topological polar surface area (TPSA) is 140 Å². The molecule has 244 valence electrons. The van der Waals surface area contributed by atoms with Crippen LogP contribution < -0.4 is 15.0 Å². The van der Waals surface area contributed by atoms with Gasteiger partial charge in [0.2, 0.25) is 11.8 Å². The highest BCUT2D eigenvalue weighted by molar-refractivity contribution is 6.13. The van der Waals surface area contributed by atoms with E-state index in [0.29, 0.717) is 48.0 Å². The highest BCUT2D eigenvalue weighted by atomic mass is 16.6. The molecule has 1 aliphatic rings. The lowest BCUT2D eigenvalue weighted by Crippen LogP contribution is -2.43. The molecule has 3 aromatic rings. The van der Waals surface area contributed by atoms with Crippen molar-refractivity contribution in [3.63, 3.8) is 0 Å². The summed E-state index contributed by atoms with van der Waals surface area (Å²) >= 11 is 0. The lowest BCUT2D eigenvalue weighted by atomic mass is 10.0. The largest absolute Gasteiger partial charge is 0.478 e. The first-order valence-electron chi connectivity index (χ1n) is 15.3. The van der Waals surface area contributed by atoms with Crippen LogP contribution in [0.25, 0.3) is 0 Å². The van der Waals surface area contributed by atoms with Crippen molar-refractivity contribution in [3.05, 3.63) is 71.4 Å². The lowest BCUT2D eigenvalue weighted by Gasteiger charge is -2.27. The van der Waals surface area contributed by atoms with Crippen molar-refractivity contribution >= 4 is 41.2 Å². The quantitative estimate of drug-likeness (QED) is 0.211. The summed E-state index contributed by atoms with van der Waals surface area (Å²) in [5, 5.41) is 2.53. The first kappa shape index (κ1) is 33.9. The number of hydrogen-bond acceptors (Lipinski definition) is 9. The van der Waals surface area contributed by atoms with Crippen LogP contribution in [0.1, 0.15) is 69.1 Å². The van der Waals surface area contributed by atoms with Gasteiger partial charge < -0.3 is 19.1 Å². The van der Waals surface area contributed by atoms with E-state index in [1.165, 1.54) is 4.90 Å². The average molecular weight is 632 g/mol. The van der Waals surface area contributed by atoms with Gasteiger partial charge in [-0.2, -0.15) is 4.98 Å². The average Bonchev–Trinajstić information content (AvgIpc) is 3.08. The number of carbonyl (C=O) groups excluding carboxylic acids is 4. The third kappa shape index (κ3) is 9.02. The van der Waals surface area contributed by atoms with E-state index in [0.717, 1.165) is 5.56 Å². The van der Waals surface area contributed by atoms with Crippen LogP contribution in [0.4, 0.5) is 22.1 Å². The Bertz CT molecular complexity index is 1570. The molecule has 0 aliphatic carbocycles. The first-order chi connectivity index (χ1) is 21.8. The molecule has 0 spiro atoms. The van der Waals surface area contributed by atoms with Crippen LogP contribution in [0.5, 0.6) is 5.88 Å². The second kappa shape index (κ2) is 14.9. The molecule has 46 heavy (non-hydrogen) atoms. The molecular formula is C34H41N5O7. The van der Waals surface area contributed by atoms with Crippen molar-refractivity contribution in [3.8, 4) is 5.88 Å². The first-order valence-corrected chi connectivity index (χ1v) is 15.3. The number of para-hydroxylation sites is 1. The van der Waals surface area contributed by atoms with Crippen LogP contribution in [0.2, 0.25) is 0 Å². The molecule has 2 heterocycles. The van der Waals surface area contributed by atoms with Gasteiger partial charge in [0.25, 0.3) is 11.8 Å². The van der Waals surface area contributed by atoms with Crippen molar-refractivity contribution in [1.82, 2.24) is 14.9 Å². The molecule has 0 fully saturated rings. The molecule has 12 nitrogen and oxygen atoms in total. The Morgan fingerprint density at radius 3 is 2.48 bits per heavy atom. The SMILES string of the molecule is CCOC(=O)CC(C)N1CC(=O)N(c2ccccc2)c2ccc(CCCOc3cc(C)nc(NC(=O)OC(C)(C)C)n3)cc2C1=O. The third-order valence-corrected chi connectivity index (χ3v) is 6.97. The molecule has 0 saturated heterocycles. The van der Waals surface area contributed by atoms with Crippen molar-refractivity contribution in [2.24, 2.45) is 0 Å². The number of carbonyl (C=O) groups is 4. The van der Waals surface area contributed by atoms with Crippen LogP contribution in [-0.2, 0) is 25.5 Å². The van der Waals surface area contributed by atoms with Crippen LogP contribution in [0.15, 0.2) is 54.6 Å². The molecule has 2 aromatic carbocycles. The van der Waals surface area contributed by atoms with Crippen LogP contribution in [-0.4, -0.2) is 70.1 Å².